The number of nitrogens with zero attached hydrogens (tertiary/aromatic N) is 3. The molecule has 7 heteroatoms. The Morgan fingerprint density at radius 1 is 1.07 bits per heavy atom. The lowest BCUT2D eigenvalue weighted by Crippen LogP contribution is -2.09. The number of aromatic nitrogens is 3. The van der Waals surface area contributed by atoms with Gasteiger partial charge in [-0.25, -0.2) is 0 Å². The smallest absolute Gasteiger partial charge is 0.196 e. The van der Waals surface area contributed by atoms with Crippen LogP contribution >= 0.6 is 11.8 Å². The normalized spacial score (nSPS) is 16.3. The summed E-state index contributed by atoms with van der Waals surface area (Å²) in [4.78, 5) is 0. The molecule has 2 aromatic carbocycles. The van der Waals surface area contributed by atoms with Crippen molar-refractivity contribution in [3.05, 3.63) is 48.5 Å². The summed E-state index contributed by atoms with van der Waals surface area (Å²) in [7, 11) is 3.33. The minimum absolute atomic E-state index is 0.284. The van der Waals surface area contributed by atoms with Gasteiger partial charge in [-0.3, -0.25) is 4.57 Å². The summed E-state index contributed by atoms with van der Waals surface area (Å²) in [5.41, 5.74) is 1.94. The minimum Gasteiger partial charge on any atom is -0.497 e. The van der Waals surface area contributed by atoms with Crippen molar-refractivity contribution in [1.29, 1.82) is 0 Å². The molecule has 0 spiro atoms. The molecule has 1 saturated heterocycles. The van der Waals surface area contributed by atoms with Gasteiger partial charge in [0.15, 0.2) is 11.0 Å². The van der Waals surface area contributed by atoms with E-state index in [-0.39, 0.29) is 6.10 Å². The average Bonchev–Trinajstić information content (AvgIpc) is 3.42. The van der Waals surface area contributed by atoms with Gasteiger partial charge < -0.3 is 14.2 Å². The second-order valence-corrected chi connectivity index (χ2v) is 7.50. The van der Waals surface area contributed by atoms with Gasteiger partial charge in [0.25, 0.3) is 0 Å². The summed E-state index contributed by atoms with van der Waals surface area (Å²) in [6, 6.07) is 15.8. The number of benzene rings is 2. The van der Waals surface area contributed by atoms with Gasteiger partial charge in [0, 0.05) is 23.6 Å². The Bertz CT molecular complexity index is 921. The summed E-state index contributed by atoms with van der Waals surface area (Å²) in [6.45, 7) is 0.853. The summed E-state index contributed by atoms with van der Waals surface area (Å²) >= 11 is 1.68. The summed E-state index contributed by atoms with van der Waals surface area (Å²) < 4.78 is 18.5. The zero-order valence-electron chi connectivity index (χ0n) is 16.0. The van der Waals surface area contributed by atoms with Gasteiger partial charge in [-0.1, -0.05) is 23.9 Å². The number of hydrogen-bond donors (Lipinski definition) is 0. The highest BCUT2D eigenvalue weighted by Crippen LogP contribution is 2.31. The van der Waals surface area contributed by atoms with E-state index in [1.807, 2.05) is 48.5 Å². The van der Waals surface area contributed by atoms with E-state index in [0.717, 1.165) is 58.9 Å². The second-order valence-electron chi connectivity index (χ2n) is 6.52. The minimum atomic E-state index is 0.284. The predicted molar refractivity (Wildman–Crippen MR) is 110 cm³/mol. The molecule has 0 aliphatic carbocycles. The molecule has 146 valence electrons. The van der Waals surface area contributed by atoms with Crippen molar-refractivity contribution in [2.24, 2.45) is 0 Å². The molecule has 2 heterocycles. The topological polar surface area (TPSA) is 58.4 Å². The maximum Gasteiger partial charge on any atom is 0.196 e. The van der Waals surface area contributed by atoms with Crippen LogP contribution in [-0.2, 0) is 4.74 Å². The molecule has 1 aromatic heterocycles. The third-order valence-corrected chi connectivity index (χ3v) is 5.78. The highest BCUT2D eigenvalue weighted by atomic mass is 32.2. The molecule has 1 fully saturated rings. The summed E-state index contributed by atoms with van der Waals surface area (Å²) in [6.07, 6.45) is 2.52. The van der Waals surface area contributed by atoms with Crippen molar-refractivity contribution >= 4 is 11.8 Å². The lowest BCUT2D eigenvalue weighted by atomic mass is 10.2. The van der Waals surface area contributed by atoms with E-state index in [0.29, 0.717) is 0 Å². The van der Waals surface area contributed by atoms with Crippen molar-refractivity contribution in [2.45, 2.75) is 24.1 Å². The Kier molecular flexibility index (Phi) is 5.83. The molecule has 0 amide bonds. The van der Waals surface area contributed by atoms with Crippen LogP contribution in [0.4, 0.5) is 0 Å². The first-order valence-electron chi connectivity index (χ1n) is 9.27. The van der Waals surface area contributed by atoms with Gasteiger partial charge in [-0.15, -0.1) is 10.2 Å². The zero-order valence-corrected chi connectivity index (χ0v) is 16.8. The van der Waals surface area contributed by atoms with Crippen LogP contribution in [0.15, 0.2) is 53.7 Å². The Morgan fingerprint density at radius 3 is 2.61 bits per heavy atom. The largest absolute Gasteiger partial charge is 0.497 e. The molecule has 1 atom stereocenters. The monoisotopic (exact) mass is 397 g/mol. The Morgan fingerprint density at radius 2 is 1.89 bits per heavy atom. The molecule has 6 nitrogen and oxygen atoms in total. The fourth-order valence-electron chi connectivity index (χ4n) is 3.22. The zero-order chi connectivity index (χ0) is 19.3. The quantitative estimate of drug-likeness (QED) is 0.556. The fraction of sp³-hybridized carbons (Fsp3) is 0.333. The van der Waals surface area contributed by atoms with E-state index >= 15 is 0 Å². The van der Waals surface area contributed by atoms with Gasteiger partial charge in [0.1, 0.15) is 11.5 Å². The maximum atomic E-state index is 5.76. The lowest BCUT2D eigenvalue weighted by molar-refractivity contribution is 0.129. The Balaban J connectivity index is 1.72. The van der Waals surface area contributed by atoms with E-state index in [1.54, 1.807) is 26.0 Å². The molecular weight excluding hydrogens is 374 g/mol. The molecule has 1 aliphatic rings. The third-order valence-electron chi connectivity index (χ3n) is 4.71. The van der Waals surface area contributed by atoms with Crippen LogP contribution < -0.4 is 9.47 Å². The molecule has 1 aliphatic heterocycles. The molecule has 28 heavy (non-hydrogen) atoms. The average molecular weight is 398 g/mol. The van der Waals surface area contributed by atoms with Crippen LogP contribution in [-0.4, -0.2) is 47.4 Å². The van der Waals surface area contributed by atoms with Crippen molar-refractivity contribution in [3.63, 3.8) is 0 Å². The van der Waals surface area contributed by atoms with Crippen molar-refractivity contribution in [3.8, 4) is 28.6 Å². The number of thioether (sulfide) groups is 1. The molecular formula is C21H23N3O3S. The van der Waals surface area contributed by atoms with Crippen LogP contribution in [0.25, 0.3) is 17.1 Å². The molecule has 0 N–H and O–H groups in total. The van der Waals surface area contributed by atoms with Gasteiger partial charge in [-0.05, 0) is 49.2 Å². The third kappa shape index (κ3) is 4.00. The maximum absolute atomic E-state index is 5.76. The van der Waals surface area contributed by atoms with Crippen LogP contribution in [0, 0.1) is 0 Å². The SMILES string of the molecule is COc1ccc(-n2c(SCC3CCCO3)nnc2-c2cccc(OC)c2)cc1. The van der Waals surface area contributed by atoms with Crippen molar-refractivity contribution in [2.75, 3.05) is 26.6 Å². The first kappa shape index (κ1) is 18.8. The van der Waals surface area contributed by atoms with E-state index in [4.69, 9.17) is 14.2 Å². The van der Waals surface area contributed by atoms with Crippen LogP contribution in [0.3, 0.4) is 0 Å². The number of methoxy groups -OCH3 is 2. The first-order valence-corrected chi connectivity index (χ1v) is 10.3. The predicted octanol–water partition coefficient (Wildman–Crippen LogP) is 4.22. The lowest BCUT2D eigenvalue weighted by Gasteiger charge is -2.13. The first-order chi connectivity index (χ1) is 13.8. The van der Waals surface area contributed by atoms with Crippen molar-refractivity contribution < 1.29 is 14.2 Å². The Labute approximate surface area is 168 Å². The number of rotatable bonds is 7. The molecule has 0 radical (unpaired) electrons. The molecule has 3 aromatic rings. The molecule has 0 saturated carbocycles. The van der Waals surface area contributed by atoms with E-state index in [2.05, 4.69) is 14.8 Å². The van der Waals surface area contributed by atoms with Crippen LogP contribution in [0.5, 0.6) is 11.5 Å². The second kappa shape index (κ2) is 8.67. The van der Waals surface area contributed by atoms with Gasteiger partial charge in [0.05, 0.1) is 20.3 Å². The standard InChI is InChI=1S/C21H23N3O3S/c1-25-17-10-8-16(9-11-17)24-20(15-5-3-6-18(13-15)26-2)22-23-21(24)28-14-19-7-4-12-27-19/h3,5-6,8-11,13,19H,4,7,12,14H2,1-2H3. The molecule has 4 rings (SSSR count). The van der Waals surface area contributed by atoms with Gasteiger partial charge in [0.2, 0.25) is 0 Å². The fourth-order valence-corrected chi connectivity index (χ4v) is 4.24. The van der Waals surface area contributed by atoms with Crippen LogP contribution in [0.2, 0.25) is 0 Å². The van der Waals surface area contributed by atoms with Gasteiger partial charge >= 0.3 is 0 Å². The van der Waals surface area contributed by atoms with E-state index < -0.39 is 0 Å². The summed E-state index contributed by atoms with van der Waals surface area (Å²) in [5.74, 6) is 3.24. The summed E-state index contributed by atoms with van der Waals surface area (Å²) in [5, 5.41) is 9.81. The van der Waals surface area contributed by atoms with E-state index in [9.17, 15) is 0 Å². The number of hydrogen-bond acceptors (Lipinski definition) is 6. The van der Waals surface area contributed by atoms with Crippen molar-refractivity contribution in [1.82, 2.24) is 14.8 Å². The Hall–Kier alpha value is -2.51. The molecule has 1 unspecified atom stereocenters. The molecule has 0 bridgehead atoms. The van der Waals surface area contributed by atoms with E-state index in [1.165, 1.54) is 0 Å². The number of ether oxygens (including phenoxy) is 3. The highest BCUT2D eigenvalue weighted by molar-refractivity contribution is 7.99. The highest BCUT2D eigenvalue weighted by Gasteiger charge is 2.20. The van der Waals surface area contributed by atoms with Crippen LogP contribution in [0.1, 0.15) is 12.8 Å². The van der Waals surface area contributed by atoms with Gasteiger partial charge in [-0.2, -0.15) is 0 Å².